The highest BCUT2D eigenvalue weighted by Crippen LogP contribution is 2.52. The van der Waals surface area contributed by atoms with Crippen LogP contribution in [0.2, 0.25) is 19.1 Å². The Bertz CT molecular complexity index is 496. The second-order valence-corrected chi connectivity index (χ2v) is 14.7. The lowest BCUT2D eigenvalue weighted by Crippen LogP contribution is -2.54. The van der Waals surface area contributed by atoms with Gasteiger partial charge < -0.3 is 4.98 Å². The monoisotopic (exact) mass is 346 g/mol. The van der Waals surface area contributed by atoms with Crippen LogP contribution < -0.4 is 4.98 Å². The summed E-state index contributed by atoms with van der Waals surface area (Å²) in [7, 11) is -1.36. The molecule has 1 aliphatic heterocycles. The Morgan fingerprint density at radius 3 is 2.46 bits per heavy atom. The van der Waals surface area contributed by atoms with E-state index in [4.69, 9.17) is 0 Å². The Labute approximate surface area is 150 Å². The number of rotatable bonds is 4. The van der Waals surface area contributed by atoms with Crippen molar-refractivity contribution in [3.8, 4) is 0 Å². The van der Waals surface area contributed by atoms with E-state index in [2.05, 4.69) is 68.1 Å². The van der Waals surface area contributed by atoms with E-state index in [0.29, 0.717) is 5.41 Å². The largest absolute Gasteiger partial charge is 0.333 e. The van der Waals surface area contributed by atoms with Crippen molar-refractivity contribution < 1.29 is 0 Å². The molecule has 1 N–H and O–H groups in total. The minimum Gasteiger partial charge on any atom is -0.333 e. The van der Waals surface area contributed by atoms with Crippen molar-refractivity contribution >= 4 is 8.24 Å². The maximum Gasteiger partial charge on any atom is 0.120 e. The van der Waals surface area contributed by atoms with Crippen molar-refractivity contribution in [1.29, 1.82) is 0 Å². The first-order valence-electron chi connectivity index (χ1n) is 10.1. The van der Waals surface area contributed by atoms with Gasteiger partial charge in [0.2, 0.25) is 0 Å². The second kappa shape index (κ2) is 6.73. The molecule has 1 heterocycles. The summed E-state index contributed by atoms with van der Waals surface area (Å²) < 4.78 is 0. The average molecular weight is 347 g/mol. The summed E-state index contributed by atoms with van der Waals surface area (Å²) in [6.45, 7) is 14.7. The zero-order chi connectivity index (χ0) is 17.4. The second-order valence-electron chi connectivity index (χ2n) is 10.3. The lowest BCUT2D eigenvalue weighted by molar-refractivity contribution is 0.148. The first kappa shape index (κ1) is 18.4. The number of hydrogen-bond acceptors (Lipinski definition) is 2. The Hall–Kier alpha value is -0.383. The number of allylic oxidation sites excluding steroid dienone is 3. The van der Waals surface area contributed by atoms with E-state index >= 15 is 0 Å². The van der Waals surface area contributed by atoms with Crippen molar-refractivity contribution in [2.45, 2.75) is 83.6 Å². The highest BCUT2D eigenvalue weighted by molar-refractivity contribution is 6.75. The van der Waals surface area contributed by atoms with Crippen LogP contribution in [-0.2, 0) is 0 Å². The minimum absolute atomic E-state index is 0.244. The molecule has 3 aliphatic rings. The first-order valence-corrected chi connectivity index (χ1v) is 13.3. The van der Waals surface area contributed by atoms with Crippen LogP contribution in [0.15, 0.2) is 24.3 Å². The zero-order valence-electron chi connectivity index (χ0n) is 16.6. The van der Waals surface area contributed by atoms with Crippen molar-refractivity contribution in [1.82, 2.24) is 9.88 Å². The van der Waals surface area contributed by atoms with Gasteiger partial charge in [-0.05, 0) is 77.9 Å². The number of likely N-dealkylation sites (tertiary alicyclic amines) is 1. The van der Waals surface area contributed by atoms with Gasteiger partial charge in [-0.2, -0.15) is 0 Å². The molecule has 3 unspecified atom stereocenters. The van der Waals surface area contributed by atoms with Crippen LogP contribution >= 0.6 is 0 Å². The maximum atomic E-state index is 3.99. The molecule has 0 radical (unpaired) electrons. The Kier molecular flexibility index (Phi) is 5.17. The van der Waals surface area contributed by atoms with E-state index in [1.54, 1.807) is 0 Å². The van der Waals surface area contributed by atoms with Crippen molar-refractivity contribution in [3.63, 3.8) is 0 Å². The third-order valence-corrected chi connectivity index (χ3v) is 9.18. The smallest absolute Gasteiger partial charge is 0.120 e. The molecule has 0 aromatic carbocycles. The van der Waals surface area contributed by atoms with Crippen LogP contribution in [0, 0.1) is 11.3 Å². The van der Waals surface area contributed by atoms with Gasteiger partial charge in [-0.3, -0.25) is 4.90 Å². The molecule has 2 fully saturated rings. The van der Waals surface area contributed by atoms with Gasteiger partial charge >= 0.3 is 0 Å². The predicted molar refractivity (Wildman–Crippen MR) is 108 cm³/mol. The molecule has 2 aliphatic carbocycles. The molecule has 3 atom stereocenters. The Morgan fingerprint density at radius 2 is 1.88 bits per heavy atom. The number of nitrogens with one attached hydrogen (secondary N) is 1. The molecule has 3 heteroatoms. The van der Waals surface area contributed by atoms with Crippen molar-refractivity contribution in [3.05, 3.63) is 24.3 Å². The molecule has 136 valence electrons. The summed E-state index contributed by atoms with van der Waals surface area (Å²) in [5.74, 6) is 0.892. The van der Waals surface area contributed by atoms with Gasteiger partial charge in [-0.1, -0.05) is 37.4 Å². The molecular formula is C21H38N2Si. The summed E-state index contributed by atoms with van der Waals surface area (Å²) in [6, 6.07) is 2.21. The summed E-state index contributed by atoms with van der Waals surface area (Å²) in [6.07, 6.45) is 16.5. The van der Waals surface area contributed by atoms with Gasteiger partial charge in [0.1, 0.15) is 8.24 Å². The zero-order valence-corrected chi connectivity index (χ0v) is 17.6. The molecule has 0 amide bonds. The summed E-state index contributed by atoms with van der Waals surface area (Å²) >= 11 is 0. The van der Waals surface area contributed by atoms with Gasteiger partial charge in [0.15, 0.2) is 0 Å². The normalized spacial score (nSPS) is 34.5. The molecule has 2 nitrogen and oxygen atoms in total. The van der Waals surface area contributed by atoms with Crippen LogP contribution in [0.25, 0.3) is 0 Å². The van der Waals surface area contributed by atoms with E-state index in [-0.39, 0.29) is 5.54 Å². The highest BCUT2D eigenvalue weighted by atomic mass is 28.3. The van der Waals surface area contributed by atoms with Crippen LogP contribution in [0.4, 0.5) is 0 Å². The molecule has 1 saturated heterocycles. The van der Waals surface area contributed by atoms with E-state index in [0.717, 1.165) is 12.0 Å². The summed E-state index contributed by atoms with van der Waals surface area (Å²) in [4.78, 5) is 6.82. The Morgan fingerprint density at radius 1 is 1.17 bits per heavy atom. The fourth-order valence-electron chi connectivity index (χ4n) is 5.90. The molecule has 3 rings (SSSR count). The van der Waals surface area contributed by atoms with Crippen LogP contribution in [-0.4, -0.2) is 37.8 Å². The van der Waals surface area contributed by atoms with Gasteiger partial charge in [0.25, 0.3) is 0 Å². The fourth-order valence-corrected chi connectivity index (χ4v) is 9.78. The number of nitrogens with zero attached hydrogens (tertiary/aromatic N) is 1. The fraction of sp³-hybridized carbons (Fsp3) is 0.810. The molecule has 0 aromatic rings. The molecule has 1 spiro atoms. The highest BCUT2D eigenvalue weighted by Gasteiger charge is 2.49. The molecular weight excluding hydrogens is 308 g/mol. The van der Waals surface area contributed by atoms with E-state index in [1.807, 2.05) is 0 Å². The minimum atomic E-state index is -1.36. The first-order chi connectivity index (χ1) is 11.2. The predicted octanol–water partition coefficient (Wildman–Crippen LogP) is 4.96. The Balaban J connectivity index is 1.72. The third-order valence-electron chi connectivity index (χ3n) is 6.16. The van der Waals surface area contributed by atoms with Gasteiger partial charge in [-0.25, -0.2) is 0 Å². The molecule has 0 aromatic heterocycles. The average Bonchev–Trinajstić information content (AvgIpc) is 3.05. The van der Waals surface area contributed by atoms with Crippen LogP contribution in [0.5, 0.6) is 0 Å². The lowest BCUT2D eigenvalue weighted by atomic mass is 9.76. The van der Waals surface area contributed by atoms with Crippen molar-refractivity contribution in [2.24, 2.45) is 11.3 Å². The SMILES string of the molecule is CC(C)(C)N[Si](C)(C)CC1CC(N2CCCC2)C2(C=CC=CC2)C1. The molecule has 0 bridgehead atoms. The van der Waals surface area contributed by atoms with E-state index in [9.17, 15) is 0 Å². The topological polar surface area (TPSA) is 15.3 Å². The van der Waals surface area contributed by atoms with Crippen LogP contribution in [0.1, 0.15) is 52.9 Å². The van der Waals surface area contributed by atoms with Gasteiger partial charge in [-0.15, -0.1) is 0 Å². The van der Waals surface area contributed by atoms with Crippen molar-refractivity contribution in [2.75, 3.05) is 13.1 Å². The van der Waals surface area contributed by atoms with E-state index < -0.39 is 8.24 Å². The van der Waals surface area contributed by atoms with E-state index in [1.165, 1.54) is 51.2 Å². The summed E-state index contributed by atoms with van der Waals surface area (Å²) in [5, 5.41) is 0. The summed E-state index contributed by atoms with van der Waals surface area (Å²) in [5.41, 5.74) is 0.670. The maximum absolute atomic E-state index is 3.99. The standard InChI is InChI=1S/C21H38N2Si/c1-20(2,3)22-24(4,5)17-18-15-19(23-13-9-10-14-23)21(16-18)11-7-6-8-12-21/h6-8,11,18-19,22H,9-10,12-17H2,1-5H3. The van der Waals surface area contributed by atoms with Gasteiger partial charge in [0, 0.05) is 17.0 Å². The quantitative estimate of drug-likeness (QED) is 0.724. The third kappa shape index (κ3) is 4.23. The van der Waals surface area contributed by atoms with Gasteiger partial charge in [0.05, 0.1) is 0 Å². The lowest BCUT2D eigenvalue weighted by Gasteiger charge is -2.39. The van der Waals surface area contributed by atoms with Crippen LogP contribution in [0.3, 0.4) is 0 Å². The molecule has 24 heavy (non-hydrogen) atoms. The molecule has 1 saturated carbocycles. The number of hydrogen-bond donors (Lipinski definition) is 1.